The maximum atomic E-state index is 11.7. The van der Waals surface area contributed by atoms with Crippen LogP contribution in [0, 0.1) is 0 Å². The van der Waals surface area contributed by atoms with Crippen LogP contribution in [0.5, 0.6) is 0 Å². The number of rotatable bonds is 9. The molecule has 0 aliphatic carbocycles. The number of benzene rings is 1. The SMILES string of the molecule is C=C(CCCCC(=O)NCc1ccccc1)C(=O)OCC. The van der Waals surface area contributed by atoms with Crippen molar-refractivity contribution in [3.05, 3.63) is 48.0 Å². The van der Waals surface area contributed by atoms with Crippen LogP contribution in [-0.4, -0.2) is 18.5 Å². The summed E-state index contributed by atoms with van der Waals surface area (Å²) >= 11 is 0. The third kappa shape index (κ3) is 7.30. The maximum absolute atomic E-state index is 11.7. The number of carbonyl (C=O) groups excluding carboxylic acids is 2. The number of ether oxygens (including phenoxy) is 1. The highest BCUT2D eigenvalue weighted by atomic mass is 16.5. The number of carbonyl (C=O) groups is 2. The Morgan fingerprint density at radius 1 is 1.14 bits per heavy atom. The molecule has 0 unspecified atom stereocenters. The molecule has 21 heavy (non-hydrogen) atoms. The van der Waals surface area contributed by atoms with Gasteiger partial charge in [-0.25, -0.2) is 4.79 Å². The van der Waals surface area contributed by atoms with Crippen molar-refractivity contribution in [2.45, 2.75) is 39.2 Å². The first-order valence-electron chi connectivity index (χ1n) is 7.29. The van der Waals surface area contributed by atoms with E-state index < -0.39 is 0 Å². The average Bonchev–Trinajstić information content (AvgIpc) is 2.50. The molecule has 0 heterocycles. The molecule has 0 aliphatic heterocycles. The van der Waals surface area contributed by atoms with Crippen LogP contribution in [0.1, 0.15) is 38.2 Å². The van der Waals surface area contributed by atoms with E-state index in [0.29, 0.717) is 31.6 Å². The zero-order valence-corrected chi connectivity index (χ0v) is 12.6. The number of hydrogen-bond donors (Lipinski definition) is 1. The summed E-state index contributed by atoms with van der Waals surface area (Å²) in [6, 6.07) is 9.79. The van der Waals surface area contributed by atoms with Gasteiger partial charge < -0.3 is 10.1 Å². The second-order valence-electron chi connectivity index (χ2n) is 4.79. The third-order valence-corrected chi connectivity index (χ3v) is 3.03. The molecule has 4 heteroatoms. The minimum absolute atomic E-state index is 0.0283. The Balaban J connectivity index is 2.11. The Morgan fingerprint density at radius 2 is 1.81 bits per heavy atom. The molecule has 0 fully saturated rings. The van der Waals surface area contributed by atoms with Gasteiger partial charge in [-0.3, -0.25) is 4.79 Å². The van der Waals surface area contributed by atoms with Crippen LogP contribution in [-0.2, 0) is 20.9 Å². The Labute approximate surface area is 126 Å². The minimum Gasteiger partial charge on any atom is -0.463 e. The van der Waals surface area contributed by atoms with Gasteiger partial charge in [0.05, 0.1) is 6.61 Å². The van der Waals surface area contributed by atoms with E-state index in [2.05, 4.69) is 11.9 Å². The predicted octanol–water partition coefficient (Wildman–Crippen LogP) is 2.98. The minimum atomic E-state index is -0.342. The fourth-order valence-corrected chi connectivity index (χ4v) is 1.84. The lowest BCUT2D eigenvalue weighted by atomic mass is 10.1. The van der Waals surface area contributed by atoms with Crippen molar-refractivity contribution < 1.29 is 14.3 Å². The summed E-state index contributed by atoms with van der Waals surface area (Å²) in [5.74, 6) is -0.313. The van der Waals surface area contributed by atoms with E-state index in [4.69, 9.17) is 4.74 Å². The van der Waals surface area contributed by atoms with Gasteiger partial charge in [0, 0.05) is 18.5 Å². The normalized spacial score (nSPS) is 9.95. The summed E-state index contributed by atoms with van der Waals surface area (Å²) in [7, 11) is 0. The molecule has 0 bridgehead atoms. The van der Waals surface area contributed by atoms with Gasteiger partial charge >= 0.3 is 5.97 Å². The van der Waals surface area contributed by atoms with Crippen LogP contribution < -0.4 is 5.32 Å². The molecule has 1 rings (SSSR count). The van der Waals surface area contributed by atoms with Gasteiger partial charge in [0.1, 0.15) is 0 Å². The zero-order chi connectivity index (χ0) is 15.5. The molecule has 1 amide bonds. The second-order valence-corrected chi connectivity index (χ2v) is 4.79. The summed E-state index contributed by atoms with van der Waals surface area (Å²) in [6.45, 7) is 6.37. The van der Waals surface area contributed by atoms with E-state index in [1.165, 1.54) is 0 Å². The topological polar surface area (TPSA) is 55.4 Å². The standard InChI is InChI=1S/C17H23NO3/c1-3-21-17(20)14(2)9-7-8-12-16(19)18-13-15-10-5-4-6-11-15/h4-6,10-11H,2-3,7-9,12-13H2,1H3,(H,18,19). The van der Waals surface area contributed by atoms with Crippen LogP contribution in [0.2, 0.25) is 0 Å². The Kier molecular flexibility index (Phi) is 7.87. The van der Waals surface area contributed by atoms with Crippen molar-refractivity contribution in [1.29, 1.82) is 0 Å². The molecule has 0 spiro atoms. The van der Waals surface area contributed by atoms with Crippen molar-refractivity contribution in [2.24, 2.45) is 0 Å². The van der Waals surface area contributed by atoms with Gasteiger partial charge in [0.25, 0.3) is 0 Å². The van der Waals surface area contributed by atoms with Crippen LogP contribution in [0.25, 0.3) is 0 Å². The zero-order valence-electron chi connectivity index (χ0n) is 12.6. The molecule has 0 radical (unpaired) electrons. The smallest absolute Gasteiger partial charge is 0.333 e. The van der Waals surface area contributed by atoms with Crippen LogP contribution in [0.3, 0.4) is 0 Å². The highest BCUT2D eigenvalue weighted by Crippen LogP contribution is 2.09. The van der Waals surface area contributed by atoms with Crippen LogP contribution >= 0.6 is 0 Å². The first kappa shape index (κ1) is 17.0. The number of amides is 1. The van der Waals surface area contributed by atoms with E-state index in [9.17, 15) is 9.59 Å². The quantitative estimate of drug-likeness (QED) is 0.432. The summed E-state index contributed by atoms with van der Waals surface area (Å²) in [6.07, 6.45) is 2.53. The van der Waals surface area contributed by atoms with E-state index >= 15 is 0 Å². The van der Waals surface area contributed by atoms with Crippen molar-refractivity contribution >= 4 is 11.9 Å². The number of unbranched alkanes of at least 4 members (excludes halogenated alkanes) is 1. The van der Waals surface area contributed by atoms with E-state index in [0.717, 1.165) is 18.4 Å². The largest absolute Gasteiger partial charge is 0.463 e. The number of nitrogens with one attached hydrogen (secondary N) is 1. The lowest BCUT2D eigenvalue weighted by molar-refractivity contribution is -0.138. The molecule has 0 aliphatic rings. The molecule has 114 valence electrons. The first-order valence-corrected chi connectivity index (χ1v) is 7.29. The summed E-state index contributed by atoms with van der Waals surface area (Å²) in [4.78, 5) is 23.0. The molecular formula is C17H23NO3. The fourth-order valence-electron chi connectivity index (χ4n) is 1.84. The van der Waals surface area contributed by atoms with Gasteiger partial charge in [0.15, 0.2) is 0 Å². The fraction of sp³-hybridized carbons (Fsp3) is 0.412. The van der Waals surface area contributed by atoms with E-state index in [1.807, 2.05) is 30.3 Å². The van der Waals surface area contributed by atoms with Crippen LogP contribution in [0.15, 0.2) is 42.5 Å². The molecule has 1 N–H and O–H groups in total. The summed E-state index contributed by atoms with van der Waals surface area (Å²) in [5.41, 5.74) is 1.56. The van der Waals surface area contributed by atoms with Gasteiger partial charge in [-0.15, -0.1) is 0 Å². The molecule has 1 aromatic rings. The Bertz CT molecular complexity index is 468. The lowest BCUT2D eigenvalue weighted by Crippen LogP contribution is -2.22. The number of hydrogen-bond acceptors (Lipinski definition) is 3. The van der Waals surface area contributed by atoms with Crippen LogP contribution in [0.4, 0.5) is 0 Å². The van der Waals surface area contributed by atoms with E-state index in [1.54, 1.807) is 6.92 Å². The Morgan fingerprint density at radius 3 is 2.48 bits per heavy atom. The number of esters is 1. The first-order chi connectivity index (χ1) is 10.1. The molecule has 4 nitrogen and oxygen atoms in total. The van der Waals surface area contributed by atoms with Crippen molar-refractivity contribution in [2.75, 3.05) is 6.61 Å². The van der Waals surface area contributed by atoms with Crippen molar-refractivity contribution in [1.82, 2.24) is 5.32 Å². The molecule has 0 saturated heterocycles. The van der Waals surface area contributed by atoms with E-state index in [-0.39, 0.29) is 11.9 Å². The molecule has 1 aromatic carbocycles. The highest BCUT2D eigenvalue weighted by molar-refractivity contribution is 5.87. The summed E-state index contributed by atoms with van der Waals surface area (Å²) < 4.78 is 4.85. The molecule has 0 saturated carbocycles. The van der Waals surface area contributed by atoms with Crippen molar-refractivity contribution in [3.63, 3.8) is 0 Å². The maximum Gasteiger partial charge on any atom is 0.333 e. The summed E-state index contributed by atoms with van der Waals surface area (Å²) in [5, 5.41) is 2.88. The Hall–Kier alpha value is -2.10. The average molecular weight is 289 g/mol. The van der Waals surface area contributed by atoms with Gasteiger partial charge in [0.2, 0.25) is 5.91 Å². The predicted molar refractivity (Wildman–Crippen MR) is 82.5 cm³/mol. The van der Waals surface area contributed by atoms with Gasteiger partial charge in [-0.05, 0) is 31.7 Å². The molecule has 0 aromatic heterocycles. The van der Waals surface area contributed by atoms with Gasteiger partial charge in [-0.1, -0.05) is 36.9 Å². The monoisotopic (exact) mass is 289 g/mol. The highest BCUT2D eigenvalue weighted by Gasteiger charge is 2.07. The third-order valence-electron chi connectivity index (χ3n) is 3.03. The van der Waals surface area contributed by atoms with Gasteiger partial charge in [-0.2, -0.15) is 0 Å². The molecule has 0 atom stereocenters. The molecular weight excluding hydrogens is 266 g/mol. The van der Waals surface area contributed by atoms with Crippen molar-refractivity contribution in [3.8, 4) is 0 Å². The lowest BCUT2D eigenvalue weighted by Gasteiger charge is -2.06. The second kappa shape index (κ2) is 9.75.